The van der Waals surface area contributed by atoms with Crippen molar-refractivity contribution in [3.63, 3.8) is 0 Å². The van der Waals surface area contributed by atoms with E-state index >= 15 is 0 Å². The van der Waals surface area contributed by atoms with Gasteiger partial charge in [0.2, 0.25) is 10.0 Å². The highest BCUT2D eigenvalue weighted by atomic mass is 35.5. The van der Waals surface area contributed by atoms with E-state index < -0.39 is 10.0 Å². The molecule has 7 heteroatoms. The second-order valence-corrected chi connectivity index (χ2v) is 6.88. The van der Waals surface area contributed by atoms with Gasteiger partial charge in [0, 0.05) is 12.6 Å². The van der Waals surface area contributed by atoms with Gasteiger partial charge in [0.05, 0.1) is 15.7 Å². The molecule has 0 saturated heterocycles. The summed E-state index contributed by atoms with van der Waals surface area (Å²) in [5.41, 5.74) is 5.77. The number of benzene rings is 1. The molecule has 0 aliphatic rings. The lowest BCUT2D eigenvalue weighted by Gasteiger charge is -2.27. The summed E-state index contributed by atoms with van der Waals surface area (Å²) in [5, 5.41) is 0.227. The van der Waals surface area contributed by atoms with Gasteiger partial charge in [-0.25, -0.2) is 8.42 Å². The molecule has 108 valence electrons. The van der Waals surface area contributed by atoms with E-state index in [2.05, 4.69) is 0 Å². The molecule has 1 aromatic carbocycles. The first kappa shape index (κ1) is 16.6. The van der Waals surface area contributed by atoms with Crippen molar-refractivity contribution in [1.29, 1.82) is 0 Å². The van der Waals surface area contributed by atoms with Crippen LogP contribution >= 0.6 is 23.2 Å². The Morgan fingerprint density at radius 2 is 1.89 bits per heavy atom. The van der Waals surface area contributed by atoms with Crippen LogP contribution in [0.25, 0.3) is 0 Å². The Kier molecular flexibility index (Phi) is 5.50. The molecule has 0 bridgehead atoms. The second-order valence-electron chi connectivity index (χ2n) is 4.24. The maximum Gasteiger partial charge on any atom is 0.244 e. The third kappa shape index (κ3) is 3.16. The Hall–Kier alpha value is -0.490. The molecule has 0 aromatic heterocycles. The molecule has 0 amide bonds. The average Bonchev–Trinajstić information content (AvgIpc) is 2.35. The largest absolute Gasteiger partial charge is 0.396 e. The summed E-state index contributed by atoms with van der Waals surface area (Å²) in [6.45, 7) is 5.95. The zero-order valence-electron chi connectivity index (χ0n) is 11.2. The Morgan fingerprint density at radius 3 is 2.37 bits per heavy atom. The molecule has 0 fully saturated rings. The number of rotatable bonds is 5. The molecule has 1 aromatic rings. The minimum atomic E-state index is -3.67. The van der Waals surface area contributed by atoms with Gasteiger partial charge in [0.15, 0.2) is 0 Å². The van der Waals surface area contributed by atoms with E-state index in [9.17, 15) is 8.42 Å². The summed E-state index contributed by atoms with van der Waals surface area (Å²) in [5.74, 6) is 0. The number of nitrogens with two attached hydrogens (primary N) is 1. The van der Waals surface area contributed by atoms with Crippen LogP contribution in [0.15, 0.2) is 17.0 Å². The zero-order valence-corrected chi connectivity index (χ0v) is 13.5. The van der Waals surface area contributed by atoms with Gasteiger partial charge in [-0.15, -0.1) is 0 Å². The smallest absolute Gasteiger partial charge is 0.244 e. The van der Waals surface area contributed by atoms with E-state index in [0.717, 1.165) is 0 Å². The zero-order chi connectivity index (χ0) is 14.8. The van der Waals surface area contributed by atoms with Crippen LogP contribution in [0.5, 0.6) is 0 Å². The summed E-state index contributed by atoms with van der Waals surface area (Å²) < 4.78 is 26.6. The summed E-state index contributed by atoms with van der Waals surface area (Å²) >= 11 is 11.8. The van der Waals surface area contributed by atoms with Crippen molar-refractivity contribution in [1.82, 2.24) is 4.31 Å². The molecule has 4 nitrogen and oxygen atoms in total. The fourth-order valence-corrected chi connectivity index (χ4v) is 4.25. The number of halogens is 2. The van der Waals surface area contributed by atoms with E-state index in [1.54, 1.807) is 6.92 Å². The van der Waals surface area contributed by atoms with E-state index in [1.807, 2.05) is 13.8 Å². The number of sulfonamides is 1. The Balaban J connectivity index is 3.39. The lowest BCUT2D eigenvalue weighted by molar-refractivity contribution is 0.342. The summed E-state index contributed by atoms with van der Waals surface area (Å²) in [6.07, 6.45) is 0.716. The first-order chi connectivity index (χ1) is 8.77. The Bertz CT molecular complexity index is 561. The van der Waals surface area contributed by atoms with Crippen molar-refractivity contribution in [3.8, 4) is 0 Å². The maximum atomic E-state index is 12.6. The molecule has 1 unspecified atom stereocenters. The standard InChI is InChI=1S/C12H18Cl2N2O2S/c1-4-8(3)16(5-2)19(17,18)10-7-6-9(13)12(15)11(10)14/h6-8H,4-5,15H2,1-3H3. The topological polar surface area (TPSA) is 63.4 Å². The molecule has 0 radical (unpaired) electrons. The van der Waals surface area contributed by atoms with Crippen molar-refractivity contribution in [2.75, 3.05) is 12.3 Å². The van der Waals surface area contributed by atoms with Gasteiger partial charge in [-0.1, -0.05) is 37.0 Å². The quantitative estimate of drug-likeness (QED) is 0.844. The van der Waals surface area contributed by atoms with Crippen LogP contribution in [-0.2, 0) is 10.0 Å². The molecule has 0 heterocycles. The SMILES string of the molecule is CCC(C)N(CC)S(=O)(=O)c1ccc(Cl)c(N)c1Cl. The minimum Gasteiger partial charge on any atom is -0.396 e. The molecule has 0 aliphatic carbocycles. The number of hydrogen-bond donors (Lipinski definition) is 1. The number of nitrogen functional groups attached to an aromatic ring is 1. The van der Waals surface area contributed by atoms with E-state index in [-0.39, 0.29) is 26.7 Å². The van der Waals surface area contributed by atoms with Gasteiger partial charge in [-0.3, -0.25) is 0 Å². The predicted molar refractivity (Wildman–Crippen MR) is 80.2 cm³/mol. The summed E-state index contributed by atoms with van der Waals surface area (Å²) in [7, 11) is -3.67. The van der Waals surface area contributed by atoms with Crippen LogP contribution in [0.1, 0.15) is 27.2 Å². The molecule has 0 saturated carbocycles. The lowest BCUT2D eigenvalue weighted by Crippen LogP contribution is -2.38. The van der Waals surface area contributed by atoms with Crippen molar-refractivity contribution < 1.29 is 8.42 Å². The summed E-state index contributed by atoms with van der Waals surface area (Å²) in [6, 6.07) is 2.73. The van der Waals surface area contributed by atoms with Crippen LogP contribution in [0.4, 0.5) is 5.69 Å². The molecule has 1 rings (SSSR count). The second kappa shape index (κ2) is 6.31. The fourth-order valence-electron chi connectivity index (χ4n) is 1.80. The predicted octanol–water partition coefficient (Wildman–Crippen LogP) is 3.38. The van der Waals surface area contributed by atoms with Crippen LogP contribution in [0, 0.1) is 0 Å². The van der Waals surface area contributed by atoms with E-state index in [4.69, 9.17) is 28.9 Å². The molecule has 0 spiro atoms. The van der Waals surface area contributed by atoms with Crippen LogP contribution in [-0.4, -0.2) is 25.3 Å². The molecule has 1 atom stereocenters. The third-order valence-electron chi connectivity index (χ3n) is 3.07. The third-order valence-corrected chi connectivity index (χ3v) is 6.05. The average molecular weight is 325 g/mol. The van der Waals surface area contributed by atoms with Gasteiger partial charge >= 0.3 is 0 Å². The lowest BCUT2D eigenvalue weighted by atomic mass is 10.3. The fraction of sp³-hybridized carbons (Fsp3) is 0.500. The minimum absolute atomic E-state index is 0.00165. The highest BCUT2D eigenvalue weighted by molar-refractivity contribution is 7.89. The van der Waals surface area contributed by atoms with Crippen molar-refractivity contribution in [2.45, 2.75) is 38.1 Å². The molecule has 0 aliphatic heterocycles. The number of anilines is 1. The molecular weight excluding hydrogens is 307 g/mol. The summed E-state index contributed by atoms with van der Waals surface area (Å²) in [4.78, 5) is -0.00165. The van der Waals surface area contributed by atoms with Crippen molar-refractivity contribution >= 4 is 38.9 Å². The van der Waals surface area contributed by atoms with Gasteiger partial charge in [-0.2, -0.15) is 4.31 Å². The Labute approximate surface area is 124 Å². The first-order valence-electron chi connectivity index (χ1n) is 6.02. The van der Waals surface area contributed by atoms with Gasteiger partial charge < -0.3 is 5.73 Å². The maximum absolute atomic E-state index is 12.6. The molecule has 2 N–H and O–H groups in total. The van der Waals surface area contributed by atoms with Crippen LogP contribution < -0.4 is 5.73 Å². The van der Waals surface area contributed by atoms with E-state index in [0.29, 0.717) is 13.0 Å². The monoisotopic (exact) mass is 324 g/mol. The van der Waals surface area contributed by atoms with Gasteiger partial charge in [0.25, 0.3) is 0 Å². The first-order valence-corrected chi connectivity index (χ1v) is 8.22. The highest BCUT2D eigenvalue weighted by Crippen LogP contribution is 2.35. The van der Waals surface area contributed by atoms with Gasteiger partial charge in [0.1, 0.15) is 4.90 Å². The Morgan fingerprint density at radius 1 is 1.32 bits per heavy atom. The number of nitrogens with zero attached hydrogens (tertiary/aromatic N) is 1. The van der Waals surface area contributed by atoms with Crippen molar-refractivity contribution in [2.24, 2.45) is 0 Å². The number of hydrogen-bond acceptors (Lipinski definition) is 3. The van der Waals surface area contributed by atoms with Crippen molar-refractivity contribution in [3.05, 3.63) is 22.2 Å². The highest BCUT2D eigenvalue weighted by Gasteiger charge is 2.29. The van der Waals surface area contributed by atoms with Crippen LogP contribution in [0.2, 0.25) is 10.0 Å². The molecule has 19 heavy (non-hydrogen) atoms. The molecular formula is C12H18Cl2N2O2S. The van der Waals surface area contributed by atoms with Crippen LogP contribution in [0.3, 0.4) is 0 Å². The van der Waals surface area contributed by atoms with E-state index in [1.165, 1.54) is 16.4 Å². The van der Waals surface area contributed by atoms with Gasteiger partial charge in [-0.05, 0) is 25.5 Å². The normalized spacial score (nSPS) is 13.8.